The molecule has 420 valence electrons. The van der Waals surface area contributed by atoms with E-state index in [0.29, 0.717) is 67.2 Å². The Kier molecular flexibility index (Phi) is 18.4. The van der Waals surface area contributed by atoms with Gasteiger partial charge in [-0.15, -0.1) is 34.0 Å². The summed E-state index contributed by atoms with van der Waals surface area (Å²) in [6, 6.07) is 13.9. The average Bonchev–Trinajstić information content (AvgIpc) is 4.51. The van der Waals surface area contributed by atoms with Gasteiger partial charge in [0.15, 0.2) is 50.1 Å². The molecule has 0 amide bonds. The van der Waals surface area contributed by atoms with Gasteiger partial charge in [0.1, 0.15) is 36.6 Å². The van der Waals surface area contributed by atoms with Crippen LogP contribution in [0.25, 0.3) is 0 Å². The van der Waals surface area contributed by atoms with Crippen LogP contribution in [0.15, 0.2) is 108 Å². The van der Waals surface area contributed by atoms with Gasteiger partial charge < -0.3 is 60.8 Å². The summed E-state index contributed by atoms with van der Waals surface area (Å²) in [6.07, 6.45) is 16.9. The third-order valence-corrected chi connectivity index (χ3v) is 15.7. The number of aliphatic hydroxyl groups is 6. The number of thiazole rings is 3. The molecule has 21 nitrogen and oxygen atoms in total. The Labute approximate surface area is 478 Å². The zero-order chi connectivity index (χ0) is 56.4. The monoisotopic (exact) mass is 1150 g/mol. The molecule has 3 aliphatic rings. The Hall–Kier alpha value is -7.65. The molecule has 0 spiro atoms. The van der Waals surface area contributed by atoms with Gasteiger partial charge in [-0.1, -0.05) is 6.07 Å². The lowest BCUT2D eigenvalue weighted by molar-refractivity contribution is 0.0928. The van der Waals surface area contributed by atoms with E-state index in [0.717, 1.165) is 72.0 Å². The van der Waals surface area contributed by atoms with E-state index < -0.39 is 18.3 Å². The zero-order valence-corrected chi connectivity index (χ0v) is 46.8. The third kappa shape index (κ3) is 13.9. The fourth-order valence-electron chi connectivity index (χ4n) is 9.25. The van der Waals surface area contributed by atoms with Crippen molar-refractivity contribution in [3.63, 3.8) is 0 Å². The number of ether oxygens (including phenoxy) is 3. The molecule has 0 radical (unpaired) electrons. The molecule has 9 aromatic heterocycles. The fraction of sp³-hybridized carbons (Fsp3) is 0.316. The molecule has 81 heavy (non-hydrogen) atoms. The highest BCUT2D eigenvalue weighted by Crippen LogP contribution is 2.41. The van der Waals surface area contributed by atoms with Gasteiger partial charge in [-0.05, 0) is 129 Å². The predicted molar refractivity (Wildman–Crippen MR) is 307 cm³/mol. The Morgan fingerprint density at radius 2 is 0.926 bits per heavy atom. The molecular weight excluding hydrogens is 1090 g/mol. The van der Waals surface area contributed by atoms with Gasteiger partial charge in [-0.25, -0.2) is 29.9 Å². The largest absolute Gasteiger partial charge is 0.482 e. The summed E-state index contributed by atoms with van der Waals surface area (Å²) in [5.41, 5.74) is 11.3. The number of hydrogen-bond acceptors (Lipinski definition) is 24. The lowest BCUT2D eigenvalue weighted by Gasteiger charge is -2.17. The van der Waals surface area contributed by atoms with E-state index in [9.17, 15) is 15.3 Å². The summed E-state index contributed by atoms with van der Waals surface area (Å²) >= 11 is 4.00. The molecular formula is C57H60N12O9S3. The minimum atomic E-state index is -0.985. The summed E-state index contributed by atoms with van der Waals surface area (Å²) in [6.45, 7) is 4.80. The van der Waals surface area contributed by atoms with Crippen molar-refractivity contribution in [1.82, 2.24) is 44.9 Å². The summed E-state index contributed by atoms with van der Waals surface area (Å²) in [5.74, 6) is 3.66. The van der Waals surface area contributed by atoms with Crippen molar-refractivity contribution in [2.45, 2.75) is 95.9 Å². The highest BCUT2D eigenvalue weighted by Gasteiger charge is 2.29. The summed E-state index contributed by atoms with van der Waals surface area (Å²) in [5, 5.41) is 72.6. The van der Waals surface area contributed by atoms with Crippen LogP contribution in [0.1, 0.15) is 123 Å². The van der Waals surface area contributed by atoms with Crippen LogP contribution in [0.5, 0.6) is 17.2 Å². The second-order valence-corrected chi connectivity index (χ2v) is 22.0. The molecule has 9 N–H and O–H groups in total. The van der Waals surface area contributed by atoms with Crippen LogP contribution in [-0.2, 0) is 19.3 Å². The van der Waals surface area contributed by atoms with Crippen LogP contribution in [-0.4, -0.2) is 95.3 Å². The molecule has 0 saturated carbocycles. The number of anilines is 6. The number of nitrogens with zero attached hydrogens (tertiary/aromatic N) is 9. The molecule has 0 saturated heterocycles. The molecule has 6 unspecified atom stereocenters. The van der Waals surface area contributed by atoms with Crippen molar-refractivity contribution < 1.29 is 44.8 Å². The van der Waals surface area contributed by atoms with E-state index in [2.05, 4.69) is 66.9 Å². The van der Waals surface area contributed by atoms with Gasteiger partial charge in [0.25, 0.3) is 0 Å². The number of aryl methyl sites for hydroxylation is 6. The molecule has 12 rings (SSSR count). The number of rotatable bonds is 18. The maximum Gasteiger partial charge on any atom is 0.188 e. The summed E-state index contributed by atoms with van der Waals surface area (Å²) in [4.78, 5) is 39.1. The molecule has 0 aliphatic heterocycles. The van der Waals surface area contributed by atoms with Crippen molar-refractivity contribution in [3.05, 3.63) is 175 Å². The maximum absolute atomic E-state index is 9.70. The molecule has 0 fully saturated rings. The van der Waals surface area contributed by atoms with Gasteiger partial charge in [0.05, 0.1) is 36.9 Å². The second-order valence-electron chi connectivity index (χ2n) is 19.4. The van der Waals surface area contributed by atoms with E-state index in [-0.39, 0.29) is 38.1 Å². The van der Waals surface area contributed by atoms with Crippen LogP contribution >= 0.6 is 34.0 Å². The van der Waals surface area contributed by atoms with Crippen molar-refractivity contribution in [3.8, 4) is 17.2 Å². The quantitative estimate of drug-likeness (QED) is 0.0386. The SMILES string of the molecule is Cc1cnc(Nc2nc(C(O)CO)cs2)c(OC2CCc3ccncc32)c1.Cc1cnc(Nc2nc(C(O)CO)cs2)c(OC2CCc3cnccc32)c1.Cc1cnc(Nc2nc(C(O)CO)cs2)c(OC2CCc3ncccc32)c1. The fourth-order valence-corrected chi connectivity index (χ4v) is 11.5. The Morgan fingerprint density at radius 1 is 0.494 bits per heavy atom. The molecule has 9 heterocycles. The Balaban J connectivity index is 0.000000136. The first-order valence-electron chi connectivity index (χ1n) is 26.1. The molecule has 3 aliphatic carbocycles. The van der Waals surface area contributed by atoms with E-state index >= 15 is 0 Å². The second kappa shape index (κ2) is 26.3. The van der Waals surface area contributed by atoms with Gasteiger partial charge in [-0.2, -0.15) is 0 Å². The van der Waals surface area contributed by atoms with E-state index in [1.807, 2.05) is 82.0 Å². The first-order chi connectivity index (χ1) is 39.4. The molecule has 0 aromatic carbocycles. The molecule has 24 heteroatoms. The first kappa shape index (κ1) is 56.6. The number of hydrogen-bond donors (Lipinski definition) is 9. The standard InChI is InChI=1S/3C19H20N4O3S/c1-11-6-17(26-16-3-2-12-8-20-5-4-13(12)16)18(21-7-11)23-19-22-14(10-27-19)15(25)9-24;1-11-6-17(26-16-3-2-12-4-5-20-8-13(12)16)18(21-7-11)23-19-22-14(10-27-19)15(25)9-24;1-11-7-17(26-16-5-4-13-12(16)3-2-6-20-13)18(21-8-11)23-19-22-14(10-27-19)15(25)9-24/h2*4-8,10,15-16,24-25H,2-3,9H2,1H3,(H,21,22,23);2-3,6-8,10,15-16,24-25H,4-5,9H2,1H3,(H,21,22,23). The van der Waals surface area contributed by atoms with Crippen molar-refractivity contribution in [1.29, 1.82) is 0 Å². The van der Waals surface area contributed by atoms with Crippen LogP contribution in [0.3, 0.4) is 0 Å². The van der Waals surface area contributed by atoms with Crippen molar-refractivity contribution in [2.24, 2.45) is 0 Å². The number of nitrogens with one attached hydrogen (secondary N) is 3. The molecule has 6 atom stereocenters. The third-order valence-electron chi connectivity index (χ3n) is 13.4. The van der Waals surface area contributed by atoms with Gasteiger partial charge in [0, 0.05) is 82.5 Å². The number of fused-ring (bicyclic) bond motifs is 3. The number of aliphatic hydroxyl groups excluding tert-OH is 6. The van der Waals surface area contributed by atoms with Crippen molar-refractivity contribution >= 4 is 66.9 Å². The minimum absolute atomic E-state index is 0.0322. The van der Waals surface area contributed by atoms with Crippen LogP contribution in [0.2, 0.25) is 0 Å². The van der Waals surface area contributed by atoms with E-state index in [1.165, 1.54) is 50.7 Å². The van der Waals surface area contributed by atoms with Gasteiger partial charge in [0.2, 0.25) is 0 Å². The lowest BCUT2D eigenvalue weighted by Crippen LogP contribution is -2.07. The summed E-state index contributed by atoms with van der Waals surface area (Å²) < 4.78 is 18.9. The minimum Gasteiger partial charge on any atom is -0.482 e. The van der Waals surface area contributed by atoms with Gasteiger partial charge in [-0.3, -0.25) is 15.0 Å². The molecule has 9 aromatic rings. The number of pyridine rings is 6. The average molecular weight is 1150 g/mol. The Morgan fingerprint density at radius 3 is 1.42 bits per heavy atom. The topological polar surface area (TPSA) is 301 Å². The smallest absolute Gasteiger partial charge is 0.188 e. The first-order valence-corrected chi connectivity index (χ1v) is 28.8. The highest BCUT2D eigenvalue weighted by atomic mass is 32.1. The normalized spacial score (nSPS) is 16.8. The maximum atomic E-state index is 9.70. The lowest BCUT2D eigenvalue weighted by atomic mass is 10.1. The Bertz CT molecular complexity index is 3200. The molecule has 0 bridgehead atoms. The van der Waals surface area contributed by atoms with E-state index in [1.54, 1.807) is 40.9 Å². The zero-order valence-electron chi connectivity index (χ0n) is 44.4. The summed E-state index contributed by atoms with van der Waals surface area (Å²) in [7, 11) is 0. The van der Waals surface area contributed by atoms with E-state index in [4.69, 9.17) is 29.5 Å². The number of aromatic nitrogens is 9. The van der Waals surface area contributed by atoms with Crippen LogP contribution in [0, 0.1) is 20.8 Å². The van der Waals surface area contributed by atoms with Crippen molar-refractivity contribution in [2.75, 3.05) is 35.8 Å². The predicted octanol–water partition coefficient (Wildman–Crippen LogP) is 9.23. The highest BCUT2D eigenvalue weighted by molar-refractivity contribution is 7.14. The van der Waals surface area contributed by atoms with Crippen LogP contribution < -0.4 is 30.2 Å². The van der Waals surface area contributed by atoms with Crippen LogP contribution in [0.4, 0.5) is 32.8 Å². The van der Waals surface area contributed by atoms with Gasteiger partial charge >= 0.3 is 0 Å².